The molecule has 6 aromatic carbocycles. The lowest BCUT2D eigenvalue weighted by molar-refractivity contribution is 1.13. The van der Waals surface area contributed by atoms with E-state index >= 15 is 0 Å². The Bertz CT molecular complexity index is 1900. The molecule has 0 saturated carbocycles. The lowest BCUT2D eigenvalue weighted by Gasteiger charge is -2.29. The molecule has 2 nitrogen and oxygen atoms in total. The van der Waals surface area contributed by atoms with E-state index in [0.29, 0.717) is 0 Å². The first-order valence-electron chi connectivity index (χ1n) is 17.3. The Balaban J connectivity index is 1.39. The van der Waals surface area contributed by atoms with Crippen LogP contribution >= 0.6 is 0 Å². The molecule has 0 aliphatic carbocycles. The van der Waals surface area contributed by atoms with Crippen LogP contribution in [0.2, 0.25) is 0 Å². The van der Waals surface area contributed by atoms with Crippen molar-refractivity contribution in [2.45, 2.75) is 68.2 Å². The van der Waals surface area contributed by atoms with E-state index in [0.717, 1.165) is 12.8 Å². The van der Waals surface area contributed by atoms with Gasteiger partial charge >= 0.3 is 0 Å². The third-order valence-electron chi connectivity index (χ3n) is 9.91. The number of benzene rings is 6. The zero-order valence-corrected chi connectivity index (χ0v) is 29.9. The molecule has 0 saturated heterocycles. The number of nitrogens with zero attached hydrogens (tertiary/aromatic N) is 2. The van der Waals surface area contributed by atoms with Crippen molar-refractivity contribution in [2.75, 3.05) is 9.80 Å². The molecule has 0 bridgehead atoms. The smallest absolute Gasteiger partial charge is 0.0491 e. The van der Waals surface area contributed by atoms with Gasteiger partial charge in [0.05, 0.1) is 0 Å². The van der Waals surface area contributed by atoms with Crippen LogP contribution in [0, 0.1) is 41.5 Å². The minimum absolute atomic E-state index is 1.03. The third kappa shape index (κ3) is 6.66. The largest absolute Gasteiger partial charge is 0.310 e. The minimum Gasteiger partial charge on any atom is -0.310 e. The summed E-state index contributed by atoms with van der Waals surface area (Å²) in [6.07, 6.45) is 2.06. The van der Waals surface area contributed by atoms with E-state index in [1.807, 2.05) is 0 Å². The van der Waals surface area contributed by atoms with Crippen LogP contribution < -0.4 is 9.80 Å². The van der Waals surface area contributed by atoms with E-state index in [2.05, 4.69) is 187 Å². The van der Waals surface area contributed by atoms with E-state index in [9.17, 15) is 0 Å². The van der Waals surface area contributed by atoms with Crippen molar-refractivity contribution in [3.63, 3.8) is 0 Å². The number of aryl methyl sites for hydroxylation is 8. The van der Waals surface area contributed by atoms with E-state index < -0.39 is 0 Å². The fraction of sp³-hybridized carbons (Fsp3) is 0.217. The van der Waals surface area contributed by atoms with Crippen molar-refractivity contribution in [2.24, 2.45) is 0 Å². The molecule has 6 rings (SSSR count). The van der Waals surface area contributed by atoms with E-state index in [1.165, 1.54) is 89.8 Å². The van der Waals surface area contributed by atoms with Crippen molar-refractivity contribution >= 4 is 34.1 Å². The number of anilines is 6. The third-order valence-corrected chi connectivity index (χ3v) is 9.91. The maximum absolute atomic E-state index is 2.39. The molecule has 0 aromatic heterocycles. The molecule has 2 heteroatoms. The summed E-state index contributed by atoms with van der Waals surface area (Å²) in [6, 6.07) is 45.3. The fourth-order valence-corrected chi connectivity index (χ4v) is 6.52. The highest BCUT2D eigenvalue weighted by atomic mass is 15.1. The van der Waals surface area contributed by atoms with Gasteiger partial charge in [-0.3, -0.25) is 0 Å². The molecule has 0 N–H and O–H groups in total. The predicted octanol–water partition coefficient (Wildman–Crippen LogP) is 13.3. The van der Waals surface area contributed by atoms with Gasteiger partial charge in [-0.05, 0) is 183 Å². The van der Waals surface area contributed by atoms with Gasteiger partial charge in [-0.2, -0.15) is 0 Å². The molecule has 0 atom stereocenters. The highest BCUT2D eigenvalue weighted by molar-refractivity contribution is 5.83. The molecule has 0 heterocycles. The molecule has 0 amide bonds. The Kier molecular flexibility index (Phi) is 9.55. The molecule has 0 unspecified atom stereocenters. The number of hydrogen-bond acceptors (Lipinski definition) is 2. The van der Waals surface area contributed by atoms with Crippen LogP contribution in [0.15, 0.2) is 121 Å². The maximum atomic E-state index is 2.39. The van der Waals surface area contributed by atoms with Gasteiger partial charge in [0.1, 0.15) is 0 Å². The van der Waals surface area contributed by atoms with Gasteiger partial charge in [0.2, 0.25) is 0 Å². The Hall–Kier alpha value is -5.08. The van der Waals surface area contributed by atoms with Crippen molar-refractivity contribution in [3.8, 4) is 11.1 Å². The molecule has 48 heavy (non-hydrogen) atoms. The Morgan fingerprint density at radius 1 is 0.333 bits per heavy atom. The van der Waals surface area contributed by atoms with E-state index in [1.54, 1.807) is 0 Å². The topological polar surface area (TPSA) is 6.48 Å². The predicted molar refractivity (Wildman–Crippen MR) is 208 cm³/mol. The lowest BCUT2D eigenvalue weighted by atomic mass is 9.98. The van der Waals surface area contributed by atoms with Gasteiger partial charge in [0.15, 0.2) is 0 Å². The van der Waals surface area contributed by atoms with Crippen LogP contribution in [-0.4, -0.2) is 0 Å². The Labute approximate surface area is 288 Å². The molecular weight excluding hydrogens is 581 g/mol. The molecule has 0 spiro atoms. The fourth-order valence-electron chi connectivity index (χ4n) is 6.52. The minimum atomic E-state index is 1.03. The zero-order chi connectivity index (χ0) is 33.9. The zero-order valence-electron chi connectivity index (χ0n) is 29.9. The first-order chi connectivity index (χ1) is 23.2. The van der Waals surface area contributed by atoms with Crippen molar-refractivity contribution in [1.29, 1.82) is 0 Å². The molecule has 0 fully saturated rings. The van der Waals surface area contributed by atoms with Gasteiger partial charge in [0.25, 0.3) is 0 Å². The summed E-state index contributed by atoms with van der Waals surface area (Å²) < 4.78 is 0. The van der Waals surface area contributed by atoms with Crippen LogP contribution in [-0.2, 0) is 12.8 Å². The highest BCUT2D eigenvalue weighted by Gasteiger charge is 2.18. The molecule has 0 aliphatic rings. The molecule has 242 valence electrons. The van der Waals surface area contributed by atoms with Gasteiger partial charge in [-0.1, -0.05) is 62.4 Å². The van der Waals surface area contributed by atoms with Crippen LogP contribution in [0.4, 0.5) is 34.1 Å². The van der Waals surface area contributed by atoms with Crippen LogP contribution in [0.5, 0.6) is 0 Å². The average molecular weight is 629 g/mol. The molecule has 0 aliphatic heterocycles. The second kappa shape index (κ2) is 14.0. The summed E-state index contributed by atoms with van der Waals surface area (Å²) in [5, 5.41) is 0. The average Bonchev–Trinajstić information content (AvgIpc) is 3.10. The summed E-state index contributed by atoms with van der Waals surface area (Å²) in [5.74, 6) is 0. The first kappa shape index (κ1) is 32.8. The second-order valence-corrected chi connectivity index (χ2v) is 13.3. The van der Waals surface area contributed by atoms with Gasteiger partial charge in [0, 0.05) is 34.1 Å². The van der Waals surface area contributed by atoms with Gasteiger partial charge < -0.3 is 9.80 Å². The molecular formula is C46H48N2. The van der Waals surface area contributed by atoms with Gasteiger partial charge in [-0.15, -0.1) is 0 Å². The summed E-state index contributed by atoms with van der Waals surface area (Å²) in [7, 11) is 0. The quantitative estimate of drug-likeness (QED) is 0.157. The Morgan fingerprint density at radius 3 is 1.00 bits per heavy atom. The standard InChI is InChI=1S/C46H48N2/c1-9-37-13-21-41(22-14-37)47(43-19-11-31(3)33(5)29-43)45-25-17-39(27-35(45)7)40-18-26-46(36(8)28-40)48(42-23-15-38(10-2)16-24-42)44-20-12-32(4)34(6)30-44/h11-30H,9-10H2,1-8H3. The summed E-state index contributed by atoms with van der Waals surface area (Å²) in [6.45, 7) is 17.6. The van der Waals surface area contributed by atoms with Crippen LogP contribution in [0.3, 0.4) is 0 Å². The van der Waals surface area contributed by atoms with Crippen LogP contribution in [0.25, 0.3) is 11.1 Å². The van der Waals surface area contributed by atoms with Crippen molar-refractivity contribution in [1.82, 2.24) is 0 Å². The molecule has 6 aromatic rings. The normalized spacial score (nSPS) is 11.1. The first-order valence-corrected chi connectivity index (χ1v) is 17.3. The Morgan fingerprint density at radius 2 is 0.688 bits per heavy atom. The van der Waals surface area contributed by atoms with Crippen molar-refractivity contribution < 1.29 is 0 Å². The lowest BCUT2D eigenvalue weighted by Crippen LogP contribution is -2.12. The number of hydrogen-bond donors (Lipinski definition) is 0. The summed E-state index contributed by atoms with van der Waals surface area (Å²) in [4.78, 5) is 4.79. The SMILES string of the molecule is CCc1ccc(N(c2ccc(C)c(C)c2)c2ccc(-c3ccc(N(c4ccc(CC)cc4)c4ccc(C)c(C)c4)c(C)c3)cc2C)cc1. The van der Waals surface area contributed by atoms with Gasteiger partial charge in [-0.25, -0.2) is 0 Å². The monoisotopic (exact) mass is 628 g/mol. The molecule has 0 radical (unpaired) electrons. The maximum Gasteiger partial charge on any atom is 0.0491 e. The van der Waals surface area contributed by atoms with E-state index in [-0.39, 0.29) is 0 Å². The summed E-state index contributed by atoms with van der Waals surface area (Å²) in [5.41, 5.74) is 19.9. The van der Waals surface area contributed by atoms with Crippen molar-refractivity contribution in [3.05, 3.63) is 166 Å². The highest BCUT2D eigenvalue weighted by Crippen LogP contribution is 2.41. The second-order valence-electron chi connectivity index (χ2n) is 13.3. The summed E-state index contributed by atoms with van der Waals surface area (Å²) >= 11 is 0. The number of rotatable bonds is 9. The van der Waals surface area contributed by atoms with E-state index in [4.69, 9.17) is 0 Å². The van der Waals surface area contributed by atoms with Crippen LogP contribution in [0.1, 0.15) is 58.4 Å².